The molecule has 1 aromatic rings. The van der Waals surface area contributed by atoms with E-state index in [1.165, 1.54) is 5.56 Å². The molecule has 2 fully saturated rings. The number of piperidine rings is 1. The topological polar surface area (TPSA) is 46.6 Å². The summed E-state index contributed by atoms with van der Waals surface area (Å²) in [4.78, 5) is 0. The average molecular weight is 337 g/mol. The first-order valence-corrected chi connectivity index (χ1v) is 10.2. The number of ether oxygens (including phenoxy) is 1. The molecule has 2 atom stereocenters. The van der Waals surface area contributed by atoms with Crippen molar-refractivity contribution in [1.29, 1.82) is 0 Å². The lowest BCUT2D eigenvalue weighted by atomic mass is 9.80. The summed E-state index contributed by atoms with van der Waals surface area (Å²) in [7, 11) is -3.18. The molecule has 2 aliphatic heterocycles. The quantitative estimate of drug-likeness (QED) is 0.848. The van der Waals surface area contributed by atoms with Crippen LogP contribution in [0, 0.1) is 5.92 Å². The molecule has 128 valence electrons. The zero-order chi connectivity index (χ0) is 16.3. The molecule has 2 aliphatic rings. The molecular formula is C18H27NO3S. The van der Waals surface area contributed by atoms with Crippen molar-refractivity contribution >= 4 is 10.0 Å². The molecule has 4 nitrogen and oxygen atoms in total. The average Bonchev–Trinajstić information content (AvgIpc) is 2.62. The SMILES string of the molecule is CC[C@@H]1CN(S(=O)(=O)C2CCOCC2)CC[C@H]1c1ccccc1. The van der Waals surface area contributed by atoms with Gasteiger partial charge in [-0.25, -0.2) is 12.7 Å². The van der Waals surface area contributed by atoms with Crippen LogP contribution in [0.4, 0.5) is 0 Å². The molecule has 0 aliphatic carbocycles. The van der Waals surface area contributed by atoms with Gasteiger partial charge in [0.15, 0.2) is 0 Å². The van der Waals surface area contributed by atoms with Crippen LogP contribution in [-0.4, -0.2) is 44.3 Å². The number of sulfonamides is 1. The van der Waals surface area contributed by atoms with Gasteiger partial charge in [0.05, 0.1) is 5.25 Å². The third-order valence-corrected chi connectivity index (χ3v) is 7.76. The molecule has 0 radical (unpaired) electrons. The fourth-order valence-corrected chi connectivity index (χ4v) is 5.94. The summed E-state index contributed by atoms with van der Waals surface area (Å²) in [6.07, 6.45) is 3.21. The van der Waals surface area contributed by atoms with Crippen LogP contribution < -0.4 is 0 Å². The van der Waals surface area contributed by atoms with Crippen molar-refractivity contribution in [3.8, 4) is 0 Å². The van der Waals surface area contributed by atoms with E-state index in [9.17, 15) is 8.42 Å². The van der Waals surface area contributed by atoms with Crippen molar-refractivity contribution in [2.75, 3.05) is 26.3 Å². The Labute approximate surface area is 139 Å². The predicted octanol–water partition coefficient (Wildman–Crippen LogP) is 3.01. The summed E-state index contributed by atoms with van der Waals surface area (Å²) >= 11 is 0. The van der Waals surface area contributed by atoms with E-state index in [0.717, 1.165) is 12.8 Å². The molecule has 0 aromatic heterocycles. The van der Waals surface area contributed by atoms with Gasteiger partial charge in [-0.2, -0.15) is 0 Å². The van der Waals surface area contributed by atoms with E-state index >= 15 is 0 Å². The summed E-state index contributed by atoms with van der Waals surface area (Å²) in [6.45, 7) is 4.62. The molecule has 0 spiro atoms. The zero-order valence-corrected chi connectivity index (χ0v) is 14.7. The Balaban J connectivity index is 1.73. The molecule has 2 saturated heterocycles. The van der Waals surface area contributed by atoms with Gasteiger partial charge in [-0.3, -0.25) is 0 Å². The summed E-state index contributed by atoms with van der Waals surface area (Å²) in [6, 6.07) is 10.5. The van der Waals surface area contributed by atoms with Gasteiger partial charge in [-0.1, -0.05) is 43.7 Å². The van der Waals surface area contributed by atoms with Crippen LogP contribution >= 0.6 is 0 Å². The standard InChI is InChI=1S/C18H27NO3S/c1-2-15-14-19(23(20,21)17-9-12-22-13-10-17)11-8-18(15)16-6-4-3-5-7-16/h3-7,15,17-18H,2,8-14H2,1H3/t15-,18-/m1/s1. The zero-order valence-electron chi connectivity index (χ0n) is 13.9. The lowest BCUT2D eigenvalue weighted by Crippen LogP contribution is -2.47. The van der Waals surface area contributed by atoms with E-state index in [0.29, 0.717) is 51.0 Å². The van der Waals surface area contributed by atoms with Gasteiger partial charge in [0.25, 0.3) is 0 Å². The molecule has 23 heavy (non-hydrogen) atoms. The van der Waals surface area contributed by atoms with E-state index in [1.54, 1.807) is 4.31 Å². The monoisotopic (exact) mass is 337 g/mol. The number of hydrogen-bond donors (Lipinski definition) is 0. The predicted molar refractivity (Wildman–Crippen MR) is 91.9 cm³/mol. The normalized spacial score (nSPS) is 27.9. The second-order valence-corrected chi connectivity index (χ2v) is 8.90. The Morgan fingerprint density at radius 3 is 2.48 bits per heavy atom. The molecule has 1 aromatic carbocycles. The molecule has 0 unspecified atom stereocenters. The Hall–Kier alpha value is -0.910. The van der Waals surface area contributed by atoms with E-state index in [4.69, 9.17) is 4.74 Å². The number of hydrogen-bond acceptors (Lipinski definition) is 3. The van der Waals surface area contributed by atoms with Crippen molar-refractivity contribution < 1.29 is 13.2 Å². The third kappa shape index (κ3) is 3.62. The van der Waals surface area contributed by atoms with E-state index in [1.807, 2.05) is 6.07 Å². The Morgan fingerprint density at radius 2 is 1.83 bits per heavy atom. The lowest BCUT2D eigenvalue weighted by Gasteiger charge is -2.39. The van der Waals surface area contributed by atoms with E-state index in [-0.39, 0.29) is 5.25 Å². The lowest BCUT2D eigenvalue weighted by molar-refractivity contribution is 0.0964. The number of benzene rings is 1. The summed E-state index contributed by atoms with van der Waals surface area (Å²) < 4.78 is 32.9. The van der Waals surface area contributed by atoms with Gasteiger partial charge in [-0.15, -0.1) is 0 Å². The van der Waals surface area contributed by atoms with Gasteiger partial charge < -0.3 is 4.74 Å². The second kappa shape index (κ2) is 7.32. The molecule has 2 heterocycles. The number of rotatable bonds is 4. The molecule has 0 N–H and O–H groups in total. The van der Waals surface area contributed by atoms with Crippen molar-refractivity contribution in [1.82, 2.24) is 4.31 Å². The van der Waals surface area contributed by atoms with Crippen LogP contribution in [-0.2, 0) is 14.8 Å². The van der Waals surface area contributed by atoms with Crippen molar-refractivity contribution in [2.45, 2.75) is 43.8 Å². The second-order valence-electron chi connectivity index (χ2n) is 6.69. The highest BCUT2D eigenvalue weighted by Gasteiger charge is 2.38. The van der Waals surface area contributed by atoms with Crippen LogP contribution in [0.25, 0.3) is 0 Å². The molecular weight excluding hydrogens is 310 g/mol. The van der Waals surface area contributed by atoms with Crippen LogP contribution in [0.3, 0.4) is 0 Å². The van der Waals surface area contributed by atoms with Crippen LogP contribution in [0.1, 0.15) is 44.1 Å². The maximum Gasteiger partial charge on any atom is 0.217 e. The van der Waals surface area contributed by atoms with Gasteiger partial charge in [0.2, 0.25) is 10.0 Å². The first kappa shape index (κ1) is 16.9. The van der Waals surface area contributed by atoms with Crippen LogP contribution in [0.15, 0.2) is 30.3 Å². The molecule has 5 heteroatoms. The fraction of sp³-hybridized carbons (Fsp3) is 0.667. The van der Waals surface area contributed by atoms with Crippen molar-refractivity contribution in [2.24, 2.45) is 5.92 Å². The molecule has 3 rings (SSSR count). The summed E-state index contributed by atoms with van der Waals surface area (Å²) in [5, 5.41) is -0.248. The largest absolute Gasteiger partial charge is 0.381 e. The minimum absolute atomic E-state index is 0.248. The minimum atomic E-state index is -3.18. The highest BCUT2D eigenvalue weighted by molar-refractivity contribution is 7.89. The fourth-order valence-electron chi connectivity index (χ4n) is 3.97. The maximum atomic E-state index is 12.9. The van der Waals surface area contributed by atoms with Gasteiger partial charge in [-0.05, 0) is 36.7 Å². The number of nitrogens with zero attached hydrogens (tertiary/aromatic N) is 1. The first-order valence-electron chi connectivity index (χ1n) is 8.74. The maximum absolute atomic E-state index is 12.9. The summed E-state index contributed by atoms with van der Waals surface area (Å²) in [5.74, 6) is 0.878. The highest BCUT2D eigenvalue weighted by Crippen LogP contribution is 2.36. The molecule has 0 saturated carbocycles. The smallest absolute Gasteiger partial charge is 0.217 e. The third-order valence-electron chi connectivity index (χ3n) is 5.40. The first-order chi connectivity index (χ1) is 11.1. The minimum Gasteiger partial charge on any atom is -0.381 e. The Bertz CT molecular complexity index is 596. The highest BCUT2D eigenvalue weighted by atomic mass is 32.2. The van der Waals surface area contributed by atoms with Crippen molar-refractivity contribution in [3.63, 3.8) is 0 Å². The van der Waals surface area contributed by atoms with Gasteiger partial charge >= 0.3 is 0 Å². The van der Waals surface area contributed by atoms with Crippen LogP contribution in [0.5, 0.6) is 0 Å². The molecule has 0 bridgehead atoms. The van der Waals surface area contributed by atoms with Gasteiger partial charge in [0.1, 0.15) is 0 Å². The Morgan fingerprint density at radius 1 is 1.13 bits per heavy atom. The Kier molecular flexibility index (Phi) is 5.39. The van der Waals surface area contributed by atoms with Crippen LogP contribution in [0.2, 0.25) is 0 Å². The van der Waals surface area contributed by atoms with Gasteiger partial charge in [0, 0.05) is 26.3 Å². The summed E-state index contributed by atoms with van der Waals surface area (Å²) in [5.41, 5.74) is 1.35. The van der Waals surface area contributed by atoms with E-state index in [2.05, 4.69) is 31.2 Å². The van der Waals surface area contributed by atoms with Crippen molar-refractivity contribution in [3.05, 3.63) is 35.9 Å². The van der Waals surface area contributed by atoms with E-state index < -0.39 is 10.0 Å². The molecule has 0 amide bonds.